The van der Waals surface area contributed by atoms with Gasteiger partial charge in [0.2, 0.25) is 0 Å². The molecule has 26 heavy (non-hydrogen) atoms. The summed E-state index contributed by atoms with van der Waals surface area (Å²) in [5, 5.41) is 0. The maximum Gasteiger partial charge on any atom is 0.328 e. The van der Waals surface area contributed by atoms with Gasteiger partial charge in [-0.25, -0.2) is 0 Å². The molecule has 0 aromatic rings. The number of hydrogen-bond donors (Lipinski definition) is 0. The molecule has 2 radical (unpaired) electrons. The minimum absolute atomic E-state index is 0.00576. The Morgan fingerprint density at radius 1 is 0.808 bits per heavy atom. The first-order valence-corrected chi connectivity index (χ1v) is 12.8. The molecule has 0 saturated carbocycles. The molecule has 0 bridgehead atoms. The Hall–Kier alpha value is 0.285. The van der Waals surface area contributed by atoms with Crippen molar-refractivity contribution in [2.24, 2.45) is 11.8 Å². The van der Waals surface area contributed by atoms with Crippen LogP contribution in [-0.4, -0.2) is 70.9 Å². The molecular formula is C15H27BO8P2. The molecule has 3 saturated heterocycles. The van der Waals surface area contributed by atoms with Gasteiger partial charge < -0.3 is 27.6 Å². The summed E-state index contributed by atoms with van der Waals surface area (Å²) in [5.74, 6) is -0.249. The van der Waals surface area contributed by atoms with Crippen LogP contribution >= 0.6 is 15.2 Å². The van der Waals surface area contributed by atoms with Crippen LogP contribution in [-0.2, 0) is 36.7 Å². The molecule has 4 unspecified atom stereocenters. The van der Waals surface area contributed by atoms with E-state index in [1.54, 1.807) is 0 Å². The zero-order chi connectivity index (χ0) is 19.3. The van der Waals surface area contributed by atoms with E-state index in [0.29, 0.717) is 0 Å². The van der Waals surface area contributed by atoms with Crippen molar-refractivity contribution in [3.63, 3.8) is 0 Å². The monoisotopic (exact) mass is 408 g/mol. The van der Waals surface area contributed by atoms with Crippen LogP contribution in [0, 0.1) is 11.8 Å². The van der Waals surface area contributed by atoms with Crippen molar-refractivity contribution < 1.29 is 36.7 Å². The Morgan fingerprint density at radius 2 is 1.27 bits per heavy atom. The van der Waals surface area contributed by atoms with Gasteiger partial charge in [-0.2, -0.15) is 0 Å². The highest BCUT2D eigenvalue weighted by atomic mass is 31.2. The lowest BCUT2D eigenvalue weighted by Gasteiger charge is -2.30. The van der Waals surface area contributed by atoms with Crippen molar-refractivity contribution in [1.82, 2.24) is 0 Å². The largest absolute Gasteiger partial charge is 0.379 e. The average Bonchev–Trinajstić information content (AvgIpc) is 2.95. The van der Waals surface area contributed by atoms with Gasteiger partial charge in [-0.15, -0.1) is 0 Å². The van der Waals surface area contributed by atoms with E-state index in [-0.39, 0.29) is 31.2 Å². The van der Waals surface area contributed by atoms with Crippen LogP contribution in [0.5, 0.6) is 0 Å². The topological polar surface area (TPSA) is 89.5 Å². The molecule has 3 aliphatic rings. The molecule has 0 aromatic carbocycles. The van der Waals surface area contributed by atoms with Crippen molar-refractivity contribution in [3.8, 4) is 0 Å². The molecule has 11 heteroatoms. The normalized spacial score (nSPS) is 56.2. The zero-order valence-corrected chi connectivity index (χ0v) is 17.6. The van der Waals surface area contributed by atoms with Crippen molar-refractivity contribution in [1.29, 1.82) is 0 Å². The highest BCUT2D eigenvalue weighted by Gasteiger charge is 2.48. The molecule has 8 nitrogen and oxygen atoms in total. The third-order valence-electron chi connectivity index (χ3n) is 5.32. The van der Waals surface area contributed by atoms with Crippen LogP contribution in [0.1, 0.15) is 20.8 Å². The number of rotatable bonds is 0. The van der Waals surface area contributed by atoms with E-state index in [1.807, 2.05) is 20.8 Å². The average molecular weight is 408 g/mol. The van der Waals surface area contributed by atoms with Gasteiger partial charge in [-0.3, -0.25) is 9.13 Å². The molecule has 3 aliphatic heterocycles. The predicted molar refractivity (Wildman–Crippen MR) is 95.8 cm³/mol. The summed E-state index contributed by atoms with van der Waals surface area (Å²) in [6.07, 6.45) is -2.33. The van der Waals surface area contributed by atoms with Crippen LogP contribution in [0.15, 0.2) is 0 Å². The summed E-state index contributed by atoms with van der Waals surface area (Å²) in [6, 6.07) is -0.598. The number of fused-ring (bicyclic) bond motifs is 2. The predicted octanol–water partition coefficient (Wildman–Crippen LogP) is 2.40. The van der Waals surface area contributed by atoms with Crippen molar-refractivity contribution >= 4 is 23.0 Å². The standard InChI is InChI=1S/C15H27BO8P2/c1-8-10(3)21-11-6-19-26(5,18)24-14-9(2)15(16)22-12(14)7-20-25(4,17)23-13(8)11/h8-15H,6-7H2,1-5H3/t8-,9+,10-,11+,12+,13?,14?,15+,25?,26?/m0/s1. The van der Waals surface area contributed by atoms with Gasteiger partial charge in [-0.05, 0) is 6.92 Å². The van der Waals surface area contributed by atoms with Crippen LogP contribution in [0.2, 0.25) is 0 Å². The summed E-state index contributed by atoms with van der Waals surface area (Å²) in [6.45, 7) is 8.48. The van der Waals surface area contributed by atoms with Gasteiger partial charge in [0.05, 0.1) is 25.4 Å². The molecule has 10 atom stereocenters. The van der Waals surface area contributed by atoms with E-state index in [1.165, 1.54) is 13.3 Å². The molecule has 0 aliphatic carbocycles. The first-order valence-electron chi connectivity index (χ1n) is 8.86. The Labute approximate surface area is 156 Å². The Kier molecular flexibility index (Phi) is 6.14. The minimum atomic E-state index is -3.39. The molecule has 0 amide bonds. The van der Waals surface area contributed by atoms with E-state index in [0.717, 1.165) is 0 Å². The summed E-state index contributed by atoms with van der Waals surface area (Å²) in [4.78, 5) is 0. The minimum Gasteiger partial charge on any atom is -0.379 e. The second kappa shape index (κ2) is 7.60. The van der Waals surface area contributed by atoms with E-state index >= 15 is 0 Å². The molecule has 3 fully saturated rings. The first-order chi connectivity index (χ1) is 12.0. The fourth-order valence-corrected chi connectivity index (χ4v) is 6.03. The van der Waals surface area contributed by atoms with E-state index in [9.17, 15) is 9.13 Å². The molecule has 0 spiro atoms. The van der Waals surface area contributed by atoms with Crippen LogP contribution in [0.25, 0.3) is 0 Å². The van der Waals surface area contributed by atoms with E-state index in [2.05, 4.69) is 0 Å². The lowest BCUT2D eigenvalue weighted by molar-refractivity contribution is -0.0316. The van der Waals surface area contributed by atoms with E-state index < -0.39 is 45.6 Å². The summed E-state index contributed by atoms with van der Waals surface area (Å²) < 4.78 is 59.8. The van der Waals surface area contributed by atoms with Gasteiger partial charge in [0.1, 0.15) is 26.2 Å². The Balaban J connectivity index is 1.85. The lowest BCUT2D eigenvalue weighted by atomic mass is 9.86. The van der Waals surface area contributed by atoms with Crippen molar-refractivity contribution in [3.05, 3.63) is 0 Å². The highest BCUT2D eigenvalue weighted by Crippen LogP contribution is 2.53. The lowest BCUT2D eigenvalue weighted by Crippen LogP contribution is -2.35. The second-order valence-corrected chi connectivity index (χ2v) is 11.5. The fraction of sp³-hybridized carbons (Fsp3) is 1.00. The van der Waals surface area contributed by atoms with Crippen molar-refractivity contribution in [2.45, 2.75) is 57.3 Å². The van der Waals surface area contributed by atoms with Gasteiger partial charge in [-0.1, -0.05) is 13.8 Å². The van der Waals surface area contributed by atoms with Crippen LogP contribution < -0.4 is 0 Å². The molecule has 0 aromatic heterocycles. The molecule has 3 rings (SSSR count). The zero-order valence-electron chi connectivity index (χ0n) is 15.8. The quantitative estimate of drug-likeness (QED) is 0.446. The third kappa shape index (κ3) is 4.47. The molecule has 148 valence electrons. The smallest absolute Gasteiger partial charge is 0.328 e. The van der Waals surface area contributed by atoms with Crippen molar-refractivity contribution in [2.75, 3.05) is 26.5 Å². The first kappa shape index (κ1) is 21.0. The Morgan fingerprint density at radius 3 is 1.81 bits per heavy atom. The SMILES string of the molecule is [B][C@@H]1O[C@@H]2COP(C)(=O)OC3[C@@H](C)[C@H](C)O[C@@H]3COP(C)(=O)OC2[C@H]1C. The summed E-state index contributed by atoms with van der Waals surface area (Å²) in [7, 11) is -0.827. The summed E-state index contributed by atoms with van der Waals surface area (Å²) in [5.41, 5.74) is 0. The number of ether oxygens (including phenoxy) is 2. The van der Waals surface area contributed by atoms with Crippen LogP contribution in [0.4, 0.5) is 0 Å². The fourth-order valence-electron chi connectivity index (χ4n) is 3.53. The maximum atomic E-state index is 12.8. The molecule has 3 heterocycles. The summed E-state index contributed by atoms with van der Waals surface area (Å²) >= 11 is 0. The Bertz CT molecular complexity index is 566. The third-order valence-corrected chi connectivity index (χ3v) is 7.81. The maximum absolute atomic E-state index is 12.8. The van der Waals surface area contributed by atoms with Crippen LogP contribution in [0.3, 0.4) is 0 Å². The van der Waals surface area contributed by atoms with Gasteiger partial charge in [0, 0.05) is 31.2 Å². The highest BCUT2D eigenvalue weighted by molar-refractivity contribution is 7.53. The van der Waals surface area contributed by atoms with Gasteiger partial charge >= 0.3 is 15.2 Å². The van der Waals surface area contributed by atoms with Gasteiger partial charge in [0.25, 0.3) is 0 Å². The van der Waals surface area contributed by atoms with E-state index in [4.69, 9.17) is 35.4 Å². The number of hydrogen-bond acceptors (Lipinski definition) is 8. The van der Waals surface area contributed by atoms with Gasteiger partial charge in [0.15, 0.2) is 0 Å². The molecule has 0 N–H and O–H groups in total. The second-order valence-electron chi connectivity index (χ2n) is 7.51. The molecular weight excluding hydrogens is 381 g/mol.